The number of rotatable bonds is 6. The fourth-order valence-electron chi connectivity index (χ4n) is 7.49. The molecule has 1 heterocycles. The Morgan fingerprint density at radius 2 is 1.51 bits per heavy atom. The van der Waals surface area contributed by atoms with Gasteiger partial charge in [-0.3, -0.25) is 4.90 Å². The Labute approximate surface area is 212 Å². The molecule has 0 amide bonds. The van der Waals surface area contributed by atoms with Crippen molar-refractivity contribution >= 4 is 23.8 Å². The van der Waals surface area contributed by atoms with Crippen LogP contribution in [0.3, 0.4) is 0 Å². The van der Waals surface area contributed by atoms with Crippen molar-refractivity contribution in [2.75, 3.05) is 13.1 Å². The van der Waals surface area contributed by atoms with Crippen molar-refractivity contribution < 1.29 is 4.74 Å². The summed E-state index contributed by atoms with van der Waals surface area (Å²) in [5.74, 6) is 0.802. The first-order valence-corrected chi connectivity index (χ1v) is 14.8. The predicted octanol–water partition coefficient (Wildman–Crippen LogP) is 6.38. The standard InChI is InChI=1S/C32H38NOP/c1-4-21-33-23-32-20-19-24(31(32,2)3)22-29(32)34-30(33)27-17-11-12-18-28(27)35(25-13-7-5-8-14-25)26-15-9-6-10-16-26/h5-18,24,29-30H,4,19-23H2,1-3H3/t24-,29-,30+,32-/m1/s1. The molecule has 3 aliphatic rings. The Hall–Kier alpha value is -1.99. The normalized spacial score (nSPS) is 29.4. The maximum absolute atomic E-state index is 7.22. The van der Waals surface area contributed by atoms with Crippen molar-refractivity contribution in [2.24, 2.45) is 16.7 Å². The molecule has 6 rings (SSSR count). The largest absolute Gasteiger partial charge is 0.355 e. The SMILES string of the molecule is CCCN1C[C@]23CC[C@H](C[C@H]2O[C@H]1c1ccccc1P(c1ccccc1)c1ccccc1)C3(C)C. The fourth-order valence-corrected chi connectivity index (χ4v) is 9.96. The van der Waals surface area contributed by atoms with Gasteiger partial charge in [0.25, 0.3) is 0 Å². The molecule has 0 unspecified atom stereocenters. The van der Waals surface area contributed by atoms with E-state index in [1.165, 1.54) is 47.3 Å². The number of hydrogen-bond acceptors (Lipinski definition) is 2. The summed E-state index contributed by atoms with van der Waals surface area (Å²) in [5, 5.41) is 4.23. The van der Waals surface area contributed by atoms with Crippen molar-refractivity contribution in [1.29, 1.82) is 0 Å². The van der Waals surface area contributed by atoms with Gasteiger partial charge in [-0.2, -0.15) is 0 Å². The van der Waals surface area contributed by atoms with Crippen LogP contribution in [0, 0.1) is 16.7 Å². The van der Waals surface area contributed by atoms with Crippen LogP contribution in [-0.2, 0) is 4.74 Å². The predicted molar refractivity (Wildman–Crippen MR) is 148 cm³/mol. The smallest absolute Gasteiger partial charge is 0.137 e. The number of benzene rings is 3. The minimum absolute atomic E-state index is 0.0364. The van der Waals surface area contributed by atoms with Gasteiger partial charge < -0.3 is 4.74 Å². The van der Waals surface area contributed by atoms with E-state index in [1.807, 2.05) is 0 Å². The van der Waals surface area contributed by atoms with Crippen molar-refractivity contribution in [3.63, 3.8) is 0 Å². The topological polar surface area (TPSA) is 12.5 Å². The zero-order valence-electron chi connectivity index (χ0n) is 21.4. The molecule has 1 aliphatic heterocycles. The minimum atomic E-state index is -0.667. The van der Waals surface area contributed by atoms with E-state index >= 15 is 0 Å². The van der Waals surface area contributed by atoms with Crippen LogP contribution in [0.2, 0.25) is 0 Å². The molecule has 2 nitrogen and oxygen atoms in total. The van der Waals surface area contributed by atoms with Crippen molar-refractivity contribution in [3.8, 4) is 0 Å². The van der Waals surface area contributed by atoms with Gasteiger partial charge in [-0.05, 0) is 60.9 Å². The molecule has 3 aromatic rings. The molecule has 0 aromatic heterocycles. The van der Waals surface area contributed by atoms with Crippen LogP contribution in [-0.4, -0.2) is 24.1 Å². The molecule has 3 heteroatoms. The highest BCUT2D eigenvalue weighted by Crippen LogP contribution is 2.68. The second kappa shape index (κ2) is 9.15. The first-order chi connectivity index (χ1) is 17.0. The molecule has 35 heavy (non-hydrogen) atoms. The molecule has 1 saturated heterocycles. The third-order valence-corrected chi connectivity index (χ3v) is 12.0. The molecule has 4 atom stereocenters. The summed E-state index contributed by atoms with van der Waals surface area (Å²) in [4.78, 5) is 2.69. The van der Waals surface area contributed by atoms with Crippen molar-refractivity contribution in [2.45, 2.75) is 58.8 Å². The molecular weight excluding hydrogens is 445 g/mol. The van der Waals surface area contributed by atoms with E-state index in [2.05, 4.69) is 111 Å². The van der Waals surface area contributed by atoms with Crippen molar-refractivity contribution in [3.05, 3.63) is 90.5 Å². The van der Waals surface area contributed by atoms with E-state index in [-0.39, 0.29) is 6.23 Å². The van der Waals surface area contributed by atoms with Crippen LogP contribution in [0.4, 0.5) is 0 Å². The van der Waals surface area contributed by atoms with Gasteiger partial charge in [-0.25, -0.2) is 0 Å². The average molecular weight is 484 g/mol. The van der Waals surface area contributed by atoms with Crippen molar-refractivity contribution in [1.82, 2.24) is 4.90 Å². The zero-order chi connectivity index (χ0) is 24.0. The van der Waals surface area contributed by atoms with Gasteiger partial charge in [-0.1, -0.05) is 106 Å². The van der Waals surface area contributed by atoms with Crippen LogP contribution in [0.25, 0.3) is 0 Å². The summed E-state index contributed by atoms with van der Waals surface area (Å²) in [6, 6.07) is 31.3. The third-order valence-electron chi connectivity index (χ3n) is 9.45. The first kappa shape index (κ1) is 23.4. The van der Waals surface area contributed by atoms with Gasteiger partial charge in [-0.15, -0.1) is 0 Å². The van der Waals surface area contributed by atoms with E-state index in [9.17, 15) is 0 Å². The molecular formula is C32H38NOP. The molecule has 3 fully saturated rings. The molecule has 3 aromatic carbocycles. The highest BCUT2D eigenvalue weighted by atomic mass is 31.1. The monoisotopic (exact) mass is 483 g/mol. The van der Waals surface area contributed by atoms with Gasteiger partial charge in [0, 0.05) is 24.1 Å². The van der Waals surface area contributed by atoms with Gasteiger partial charge in [0.2, 0.25) is 0 Å². The molecule has 0 N–H and O–H groups in total. The second-order valence-corrected chi connectivity index (χ2v) is 13.5. The highest BCUT2D eigenvalue weighted by molar-refractivity contribution is 7.79. The van der Waals surface area contributed by atoms with E-state index in [4.69, 9.17) is 4.74 Å². The van der Waals surface area contributed by atoms with Crippen LogP contribution >= 0.6 is 7.92 Å². The summed E-state index contributed by atoms with van der Waals surface area (Å²) in [6.07, 6.45) is 5.50. The maximum atomic E-state index is 7.22. The second-order valence-electron chi connectivity index (χ2n) is 11.4. The Morgan fingerprint density at radius 1 is 0.886 bits per heavy atom. The third kappa shape index (κ3) is 3.72. The maximum Gasteiger partial charge on any atom is 0.137 e. The summed E-state index contributed by atoms with van der Waals surface area (Å²) in [6.45, 7) is 9.61. The Balaban J connectivity index is 1.44. The lowest BCUT2D eigenvalue weighted by Crippen LogP contribution is -2.56. The van der Waals surface area contributed by atoms with Gasteiger partial charge in [0.15, 0.2) is 0 Å². The van der Waals surface area contributed by atoms with Crippen LogP contribution in [0.15, 0.2) is 84.9 Å². The number of fused-ring (bicyclic) bond motifs is 1. The van der Waals surface area contributed by atoms with Crippen LogP contribution < -0.4 is 15.9 Å². The molecule has 182 valence electrons. The van der Waals surface area contributed by atoms with E-state index in [0.717, 1.165) is 18.9 Å². The van der Waals surface area contributed by atoms with Crippen LogP contribution in [0.5, 0.6) is 0 Å². The van der Waals surface area contributed by atoms with Gasteiger partial charge in [0.1, 0.15) is 6.23 Å². The molecule has 0 radical (unpaired) electrons. The van der Waals surface area contributed by atoms with Crippen LogP contribution in [0.1, 0.15) is 58.2 Å². The van der Waals surface area contributed by atoms with E-state index in [1.54, 1.807) is 0 Å². The average Bonchev–Trinajstić information content (AvgIpc) is 3.25. The number of nitrogens with zero attached hydrogens (tertiary/aromatic N) is 1. The summed E-state index contributed by atoms with van der Waals surface area (Å²) in [5.41, 5.74) is 2.05. The summed E-state index contributed by atoms with van der Waals surface area (Å²) >= 11 is 0. The Kier molecular flexibility index (Phi) is 6.12. The van der Waals surface area contributed by atoms with Gasteiger partial charge >= 0.3 is 0 Å². The first-order valence-electron chi connectivity index (χ1n) is 13.4. The molecule has 1 spiro atoms. The number of hydrogen-bond donors (Lipinski definition) is 0. The Morgan fingerprint density at radius 3 is 2.14 bits per heavy atom. The van der Waals surface area contributed by atoms with E-state index < -0.39 is 7.92 Å². The molecule has 2 saturated carbocycles. The fraction of sp³-hybridized carbons (Fsp3) is 0.438. The minimum Gasteiger partial charge on any atom is -0.355 e. The molecule has 2 bridgehead atoms. The summed E-state index contributed by atoms with van der Waals surface area (Å²) < 4.78 is 7.22. The lowest BCUT2D eigenvalue weighted by Gasteiger charge is -2.53. The lowest BCUT2D eigenvalue weighted by molar-refractivity contribution is -0.212. The van der Waals surface area contributed by atoms with E-state index in [0.29, 0.717) is 16.9 Å². The zero-order valence-corrected chi connectivity index (χ0v) is 22.3. The lowest BCUT2D eigenvalue weighted by atomic mass is 9.67. The highest BCUT2D eigenvalue weighted by Gasteiger charge is 2.67. The number of ether oxygens (including phenoxy) is 1. The molecule has 2 aliphatic carbocycles. The Bertz CT molecular complexity index is 1120. The summed E-state index contributed by atoms with van der Waals surface area (Å²) in [7, 11) is -0.667. The quantitative estimate of drug-likeness (QED) is 0.377. The van der Waals surface area contributed by atoms with Gasteiger partial charge in [0.05, 0.1) is 6.10 Å².